The number of halogens is 1. The highest BCUT2D eigenvalue weighted by molar-refractivity contribution is 7.14. The van der Waals surface area contributed by atoms with Crippen molar-refractivity contribution >= 4 is 34.7 Å². The molecule has 8 heteroatoms. The van der Waals surface area contributed by atoms with Crippen LogP contribution in [0.25, 0.3) is 0 Å². The monoisotopic (exact) mass is 367 g/mol. The maximum atomic E-state index is 12.8. The molecule has 1 N–H and O–H groups in total. The Hall–Kier alpha value is -1.44. The zero-order valence-electron chi connectivity index (χ0n) is 14.2. The summed E-state index contributed by atoms with van der Waals surface area (Å²) in [5.41, 5.74) is 0.785. The highest BCUT2D eigenvalue weighted by atomic mass is 35.5. The Balaban J connectivity index is 1.76. The maximum Gasteiger partial charge on any atom is 0.271 e. The van der Waals surface area contributed by atoms with E-state index in [1.54, 1.807) is 25.0 Å². The van der Waals surface area contributed by atoms with Gasteiger partial charge >= 0.3 is 0 Å². The number of rotatable bonds is 4. The summed E-state index contributed by atoms with van der Waals surface area (Å²) in [7, 11) is 3.48. The summed E-state index contributed by atoms with van der Waals surface area (Å²) in [5.74, 6) is 1.02. The number of aromatic nitrogens is 3. The van der Waals surface area contributed by atoms with Gasteiger partial charge in [0, 0.05) is 26.7 Å². The standard InChI is InChI=1S/C16H22ClN5OS/c1-10-14(16(23)22(3)15-12(17)9-21(2)20-15)24-13(19-10)8-11-4-6-18-7-5-11/h9,11,18H,4-8H2,1-3H3. The summed E-state index contributed by atoms with van der Waals surface area (Å²) in [6.45, 7) is 4.03. The van der Waals surface area contributed by atoms with E-state index in [1.807, 2.05) is 6.92 Å². The van der Waals surface area contributed by atoms with E-state index >= 15 is 0 Å². The minimum atomic E-state index is -0.109. The molecule has 1 fully saturated rings. The van der Waals surface area contributed by atoms with Gasteiger partial charge < -0.3 is 5.32 Å². The maximum absolute atomic E-state index is 12.8. The zero-order valence-corrected chi connectivity index (χ0v) is 15.7. The number of thiazole rings is 1. The lowest BCUT2D eigenvalue weighted by Gasteiger charge is -2.21. The number of hydrogen-bond acceptors (Lipinski definition) is 5. The molecule has 3 rings (SSSR count). The van der Waals surface area contributed by atoms with Crippen molar-refractivity contribution in [3.05, 3.63) is 26.8 Å². The van der Waals surface area contributed by atoms with E-state index in [4.69, 9.17) is 11.6 Å². The van der Waals surface area contributed by atoms with Crippen LogP contribution in [0.3, 0.4) is 0 Å². The highest BCUT2D eigenvalue weighted by Crippen LogP contribution is 2.28. The number of anilines is 1. The Morgan fingerprint density at radius 1 is 1.50 bits per heavy atom. The minimum absolute atomic E-state index is 0.109. The van der Waals surface area contributed by atoms with Crippen LogP contribution in [-0.4, -0.2) is 40.8 Å². The first-order chi connectivity index (χ1) is 11.5. The molecule has 1 aliphatic heterocycles. The first kappa shape index (κ1) is 17.4. The predicted molar refractivity (Wildman–Crippen MR) is 97.1 cm³/mol. The van der Waals surface area contributed by atoms with E-state index in [-0.39, 0.29) is 5.91 Å². The van der Waals surface area contributed by atoms with Crippen LogP contribution in [0, 0.1) is 12.8 Å². The Morgan fingerprint density at radius 2 is 2.21 bits per heavy atom. The molecule has 3 heterocycles. The largest absolute Gasteiger partial charge is 0.317 e. The van der Waals surface area contributed by atoms with Gasteiger partial charge in [0.2, 0.25) is 0 Å². The lowest BCUT2D eigenvalue weighted by molar-refractivity contribution is 0.0995. The molecule has 2 aromatic rings. The average Bonchev–Trinajstić information content (AvgIpc) is 3.08. The van der Waals surface area contributed by atoms with Crippen molar-refractivity contribution in [1.29, 1.82) is 0 Å². The zero-order chi connectivity index (χ0) is 17.3. The van der Waals surface area contributed by atoms with Crippen molar-refractivity contribution < 1.29 is 4.79 Å². The van der Waals surface area contributed by atoms with E-state index in [0.29, 0.717) is 21.6 Å². The summed E-state index contributed by atoms with van der Waals surface area (Å²) in [6, 6.07) is 0. The Bertz CT molecular complexity index is 735. The quantitative estimate of drug-likeness (QED) is 0.902. The van der Waals surface area contributed by atoms with Gasteiger partial charge in [0.05, 0.1) is 10.7 Å². The van der Waals surface area contributed by atoms with Gasteiger partial charge in [0.25, 0.3) is 5.91 Å². The Kier molecular flexibility index (Phi) is 5.22. The molecule has 0 aromatic carbocycles. The summed E-state index contributed by atoms with van der Waals surface area (Å²) in [4.78, 5) is 19.6. The third-order valence-corrected chi connectivity index (χ3v) is 5.78. The fourth-order valence-electron chi connectivity index (χ4n) is 2.99. The van der Waals surface area contributed by atoms with Gasteiger partial charge in [-0.25, -0.2) is 4.98 Å². The normalized spacial score (nSPS) is 15.7. The fraction of sp³-hybridized carbons (Fsp3) is 0.562. The molecule has 0 spiro atoms. The van der Waals surface area contributed by atoms with Gasteiger partial charge in [-0.1, -0.05) is 11.6 Å². The SMILES string of the molecule is Cc1nc(CC2CCNCC2)sc1C(=O)N(C)c1nn(C)cc1Cl. The van der Waals surface area contributed by atoms with Crippen LogP contribution in [0.2, 0.25) is 5.02 Å². The lowest BCUT2D eigenvalue weighted by Crippen LogP contribution is -2.28. The van der Waals surface area contributed by atoms with Crippen LogP contribution < -0.4 is 10.2 Å². The number of carbonyl (C=O) groups excluding carboxylic acids is 1. The van der Waals surface area contributed by atoms with Crippen molar-refractivity contribution in [1.82, 2.24) is 20.1 Å². The third-order valence-electron chi connectivity index (χ3n) is 4.35. The molecule has 2 aromatic heterocycles. The van der Waals surface area contributed by atoms with Crippen LogP contribution in [-0.2, 0) is 13.5 Å². The molecule has 0 bridgehead atoms. The van der Waals surface area contributed by atoms with E-state index in [1.165, 1.54) is 29.1 Å². The molecule has 0 saturated carbocycles. The minimum Gasteiger partial charge on any atom is -0.317 e. The molecule has 0 aliphatic carbocycles. The smallest absolute Gasteiger partial charge is 0.271 e. The first-order valence-electron chi connectivity index (χ1n) is 8.10. The van der Waals surface area contributed by atoms with Gasteiger partial charge in [-0.2, -0.15) is 5.10 Å². The van der Waals surface area contributed by atoms with Crippen molar-refractivity contribution in [2.45, 2.75) is 26.2 Å². The van der Waals surface area contributed by atoms with Gasteiger partial charge in [-0.05, 0) is 38.8 Å². The molecule has 6 nitrogen and oxygen atoms in total. The van der Waals surface area contributed by atoms with Gasteiger partial charge in [0.1, 0.15) is 9.90 Å². The molecule has 0 radical (unpaired) electrons. The van der Waals surface area contributed by atoms with Crippen molar-refractivity contribution in [2.24, 2.45) is 13.0 Å². The number of carbonyl (C=O) groups is 1. The number of amides is 1. The number of hydrogen-bond donors (Lipinski definition) is 1. The van der Waals surface area contributed by atoms with E-state index in [9.17, 15) is 4.79 Å². The van der Waals surface area contributed by atoms with E-state index in [2.05, 4.69) is 15.4 Å². The average molecular weight is 368 g/mol. The molecular formula is C16H22ClN5OS. The van der Waals surface area contributed by atoms with Gasteiger partial charge in [-0.3, -0.25) is 14.4 Å². The second kappa shape index (κ2) is 7.21. The van der Waals surface area contributed by atoms with Crippen LogP contribution in [0.4, 0.5) is 5.82 Å². The summed E-state index contributed by atoms with van der Waals surface area (Å²) < 4.78 is 1.60. The van der Waals surface area contributed by atoms with Crippen LogP contribution in [0.15, 0.2) is 6.20 Å². The molecular weight excluding hydrogens is 346 g/mol. The Labute approximate surface area is 150 Å². The first-order valence-corrected chi connectivity index (χ1v) is 9.29. The number of aryl methyl sites for hydroxylation is 2. The van der Waals surface area contributed by atoms with Crippen LogP contribution in [0.5, 0.6) is 0 Å². The molecule has 1 saturated heterocycles. The van der Waals surface area contributed by atoms with Crippen molar-refractivity contribution in [2.75, 3.05) is 25.0 Å². The second-order valence-corrected chi connectivity index (χ2v) is 7.75. The fourth-order valence-corrected chi connectivity index (χ4v) is 4.46. The molecule has 130 valence electrons. The molecule has 1 amide bonds. The molecule has 24 heavy (non-hydrogen) atoms. The van der Waals surface area contributed by atoms with Gasteiger partial charge in [0.15, 0.2) is 5.82 Å². The van der Waals surface area contributed by atoms with Crippen LogP contribution in [0.1, 0.15) is 33.2 Å². The summed E-state index contributed by atoms with van der Waals surface area (Å²) in [5, 5.41) is 9.14. The summed E-state index contributed by atoms with van der Waals surface area (Å²) >= 11 is 7.65. The lowest BCUT2D eigenvalue weighted by atomic mass is 9.95. The molecule has 1 aliphatic rings. The number of piperidine rings is 1. The topological polar surface area (TPSA) is 63.1 Å². The van der Waals surface area contributed by atoms with Gasteiger partial charge in [-0.15, -0.1) is 11.3 Å². The third kappa shape index (κ3) is 3.63. The van der Waals surface area contributed by atoms with Crippen LogP contribution >= 0.6 is 22.9 Å². The van der Waals surface area contributed by atoms with E-state index < -0.39 is 0 Å². The number of nitrogens with zero attached hydrogens (tertiary/aromatic N) is 4. The highest BCUT2D eigenvalue weighted by Gasteiger charge is 2.24. The number of nitrogens with one attached hydrogen (secondary N) is 1. The second-order valence-electron chi connectivity index (χ2n) is 6.26. The summed E-state index contributed by atoms with van der Waals surface area (Å²) in [6.07, 6.45) is 4.98. The van der Waals surface area contributed by atoms with Crippen molar-refractivity contribution in [3.8, 4) is 0 Å². The molecule has 0 unspecified atom stereocenters. The van der Waals surface area contributed by atoms with Crippen molar-refractivity contribution in [3.63, 3.8) is 0 Å². The Morgan fingerprint density at radius 3 is 2.83 bits per heavy atom. The molecule has 0 atom stereocenters. The predicted octanol–water partition coefficient (Wildman–Crippen LogP) is 2.66. The van der Waals surface area contributed by atoms with E-state index in [0.717, 1.165) is 30.2 Å².